The highest BCUT2D eigenvalue weighted by atomic mass is 19.4. The van der Waals surface area contributed by atoms with Crippen LogP contribution in [0.2, 0.25) is 0 Å². The van der Waals surface area contributed by atoms with Gasteiger partial charge in [0.2, 0.25) is 0 Å². The third kappa shape index (κ3) is 8.13. The fourth-order valence-electron chi connectivity index (χ4n) is 6.42. The molecule has 41 heavy (non-hydrogen) atoms. The summed E-state index contributed by atoms with van der Waals surface area (Å²) in [6, 6.07) is 2.60. The molecule has 0 saturated heterocycles. The van der Waals surface area contributed by atoms with Crippen molar-refractivity contribution in [3.63, 3.8) is 0 Å². The molecule has 0 spiro atoms. The van der Waals surface area contributed by atoms with Gasteiger partial charge in [0.1, 0.15) is 29.0 Å². The SMILES string of the molecule is CCCCC1CCC(C2CCC(C(=O)Oc3cc(F)c(-c4cc(F)c(C=CC(F)(F)F)c(F)c4)c(F)c3)CC2)CC1. The van der Waals surface area contributed by atoms with Crippen LogP contribution in [0.15, 0.2) is 30.3 Å². The van der Waals surface area contributed by atoms with Crippen LogP contribution >= 0.6 is 0 Å². The van der Waals surface area contributed by atoms with Gasteiger partial charge in [-0.3, -0.25) is 4.79 Å². The summed E-state index contributed by atoms with van der Waals surface area (Å²) in [5.41, 5.74) is -2.33. The molecule has 0 radical (unpaired) electrons. The van der Waals surface area contributed by atoms with Crippen LogP contribution in [0.4, 0.5) is 30.7 Å². The second kappa shape index (κ2) is 13.4. The van der Waals surface area contributed by atoms with Crippen LogP contribution in [-0.2, 0) is 4.79 Å². The molecule has 2 saturated carbocycles. The third-order valence-electron chi connectivity index (χ3n) is 8.67. The lowest BCUT2D eigenvalue weighted by molar-refractivity contribution is -0.140. The Balaban J connectivity index is 1.36. The standard InChI is InChI=1S/C32H35F7O2/c1-2-3-4-19-5-7-20(8-6-19)21-9-11-22(12-10-21)31(40)41-24-17-28(35)30(29(36)18-24)23-15-26(33)25(27(34)16-23)13-14-32(37,38)39/h13-22H,2-12H2,1H3. The maximum absolute atomic E-state index is 14.9. The minimum atomic E-state index is -4.80. The van der Waals surface area contributed by atoms with Crippen molar-refractivity contribution in [2.45, 2.75) is 83.7 Å². The van der Waals surface area contributed by atoms with Gasteiger partial charge in [-0.15, -0.1) is 0 Å². The molecule has 2 aliphatic carbocycles. The van der Waals surface area contributed by atoms with Gasteiger partial charge in [0.05, 0.1) is 11.5 Å². The van der Waals surface area contributed by atoms with Gasteiger partial charge < -0.3 is 4.74 Å². The van der Waals surface area contributed by atoms with E-state index in [1.807, 2.05) is 0 Å². The van der Waals surface area contributed by atoms with Crippen molar-refractivity contribution < 1.29 is 40.3 Å². The van der Waals surface area contributed by atoms with E-state index in [0.29, 0.717) is 36.8 Å². The molecule has 0 amide bonds. The van der Waals surface area contributed by atoms with Gasteiger partial charge in [-0.2, -0.15) is 13.2 Å². The Labute approximate surface area is 236 Å². The predicted molar refractivity (Wildman–Crippen MR) is 143 cm³/mol. The van der Waals surface area contributed by atoms with Crippen LogP contribution in [0, 0.1) is 46.9 Å². The third-order valence-corrected chi connectivity index (χ3v) is 8.67. The lowest BCUT2D eigenvalue weighted by Crippen LogP contribution is -2.30. The van der Waals surface area contributed by atoms with Gasteiger partial charge in [0.15, 0.2) is 0 Å². The zero-order valence-electron chi connectivity index (χ0n) is 23.0. The molecule has 2 fully saturated rings. The zero-order chi connectivity index (χ0) is 29.7. The number of hydrogen-bond acceptors (Lipinski definition) is 2. The van der Waals surface area contributed by atoms with E-state index >= 15 is 0 Å². The second-order valence-corrected chi connectivity index (χ2v) is 11.4. The number of hydrogen-bond donors (Lipinski definition) is 0. The number of halogens is 7. The van der Waals surface area contributed by atoms with Crippen LogP contribution < -0.4 is 4.74 Å². The topological polar surface area (TPSA) is 26.3 Å². The molecule has 2 aromatic rings. The molecule has 0 heterocycles. The second-order valence-electron chi connectivity index (χ2n) is 11.4. The fraction of sp³-hybridized carbons (Fsp3) is 0.531. The summed E-state index contributed by atoms with van der Waals surface area (Å²) in [5, 5.41) is 0. The number of alkyl halides is 3. The summed E-state index contributed by atoms with van der Waals surface area (Å²) >= 11 is 0. The maximum Gasteiger partial charge on any atom is 0.409 e. The predicted octanol–water partition coefficient (Wildman–Crippen LogP) is 10.2. The summed E-state index contributed by atoms with van der Waals surface area (Å²) in [4.78, 5) is 12.8. The minimum Gasteiger partial charge on any atom is -0.426 e. The zero-order valence-corrected chi connectivity index (χ0v) is 23.0. The normalized spacial score (nSPS) is 23.6. The Bertz CT molecular complexity index is 1190. The summed E-state index contributed by atoms with van der Waals surface area (Å²) in [6.45, 7) is 2.22. The Morgan fingerprint density at radius 3 is 1.88 bits per heavy atom. The summed E-state index contributed by atoms with van der Waals surface area (Å²) < 4.78 is 101. The molecule has 0 aliphatic heterocycles. The van der Waals surface area contributed by atoms with E-state index in [1.54, 1.807) is 0 Å². The molecule has 0 bridgehead atoms. The minimum absolute atomic E-state index is 0.205. The lowest BCUT2D eigenvalue weighted by Gasteiger charge is -2.37. The quantitative estimate of drug-likeness (QED) is 0.175. The summed E-state index contributed by atoms with van der Waals surface area (Å²) in [6.07, 6.45) is 7.04. The number of rotatable bonds is 8. The highest BCUT2D eigenvalue weighted by molar-refractivity contribution is 5.76. The number of carbonyl (C=O) groups is 1. The molecule has 0 aromatic heterocycles. The van der Waals surface area contributed by atoms with E-state index in [2.05, 4.69) is 6.92 Å². The Hall–Kier alpha value is -2.84. The molecule has 0 atom stereocenters. The highest BCUT2D eigenvalue weighted by Gasteiger charge is 2.34. The molecule has 2 nitrogen and oxygen atoms in total. The van der Waals surface area contributed by atoms with Crippen molar-refractivity contribution in [3.8, 4) is 16.9 Å². The Kier molecular flexibility index (Phi) is 10.2. The first-order chi connectivity index (χ1) is 19.4. The van der Waals surface area contributed by atoms with Crippen molar-refractivity contribution in [1.29, 1.82) is 0 Å². The van der Waals surface area contributed by atoms with Crippen LogP contribution in [0.5, 0.6) is 5.75 Å². The first-order valence-electron chi connectivity index (χ1n) is 14.4. The molecule has 9 heteroatoms. The van der Waals surface area contributed by atoms with Gasteiger partial charge in [0, 0.05) is 23.8 Å². The van der Waals surface area contributed by atoms with E-state index < -0.39 is 52.1 Å². The summed E-state index contributed by atoms with van der Waals surface area (Å²) in [5.74, 6) is -4.53. The molecule has 2 aromatic carbocycles. The Morgan fingerprint density at radius 2 is 1.37 bits per heavy atom. The van der Waals surface area contributed by atoms with Gasteiger partial charge >= 0.3 is 12.1 Å². The largest absolute Gasteiger partial charge is 0.426 e. The molecule has 224 valence electrons. The van der Waals surface area contributed by atoms with Gasteiger partial charge in [-0.05, 0) is 80.1 Å². The van der Waals surface area contributed by atoms with Crippen LogP contribution in [0.25, 0.3) is 17.2 Å². The first kappa shape index (κ1) is 31.1. The molecule has 0 N–H and O–H groups in total. The number of unbranched alkanes of at least 4 members (excludes halogenated alkanes) is 1. The van der Waals surface area contributed by atoms with Crippen LogP contribution in [0.1, 0.15) is 83.1 Å². The van der Waals surface area contributed by atoms with Gasteiger partial charge in [0.25, 0.3) is 0 Å². The van der Waals surface area contributed by atoms with Crippen molar-refractivity contribution >= 4 is 12.0 Å². The number of benzene rings is 2. The Morgan fingerprint density at radius 1 is 0.829 bits per heavy atom. The van der Waals surface area contributed by atoms with Crippen molar-refractivity contribution in [3.05, 3.63) is 59.2 Å². The fourth-order valence-corrected chi connectivity index (χ4v) is 6.42. The van der Waals surface area contributed by atoms with Crippen LogP contribution in [-0.4, -0.2) is 12.1 Å². The van der Waals surface area contributed by atoms with Crippen LogP contribution in [0.3, 0.4) is 0 Å². The van der Waals surface area contributed by atoms with E-state index in [1.165, 1.54) is 44.9 Å². The van der Waals surface area contributed by atoms with Gasteiger partial charge in [-0.1, -0.05) is 39.0 Å². The summed E-state index contributed by atoms with van der Waals surface area (Å²) in [7, 11) is 0. The highest BCUT2D eigenvalue weighted by Crippen LogP contribution is 2.43. The molecule has 0 unspecified atom stereocenters. The average Bonchev–Trinajstić information content (AvgIpc) is 2.91. The maximum atomic E-state index is 14.9. The van der Waals surface area contributed by atoms with Crippen molar-refractivity contribution in [2.75, 3.05) is 0 Å². The van der Waals surface area contributed by atoms with E-state index in [-0.39, 0.29) is 23.8 Å². The number of allylic oxidation sites excluding steroid dienone is 1. The number of esters is 1. The van der Waals surface area contributed by atoms with E-state index in [9.17, 15) is 35.5 Å². The lowest BCUT2D eigenvalue weighted by atomic mass is 9.68. The monoisotopic (exact) mass is 584 g/mol. The average molecular weight is 585 g/mol. The van der Waals surface area contributed by atoms with Crippen molar-refractivity contribution in [1.82, 2.24) is 0 Å². The molecular formula is C32H35F7O2. The molecule has 2 aliphatic rings. The smallest absolute Gasteiger partial charge is 0.409 e. The van der Waals surface area contributed by atoms with Crippen molar-refractivity contribution in [2.24, 2.45) is 23.7 Å². The van der Waals surface area contributed by atoms with Gasteiger partial charge in [-0.25, -0.2) is 17.6 Å². The van der Waals surface area contributed by atoms with E-state index in [4.69, 9.17) is 4.74 Å². The molecular weight excluding hydrogens is 549 g/mol. The number of ether oxygens (including phenoxy) is 1. The first-order valence-corrected chi connectivity index (χ1v) is 14.4. The molecule has 4 rings (SSSR count). The van der Waals surface area contributed by atoms with E-state index in [0.717, 1.165) is 30.9 Å². The number of carbonyl (C=O) groups excluding carboxylic acids is 1.